The lowest BCUT2D eigenvalue weighted by atomic mass is 9.54. The quantitative estimate of drug-likeness (QED) is 0.612. The summed E-state index contributed by atoms with van der Waals surface area (Å²) in [5.74, 6) is 6.48. The van der Waals surface area contributed by atoms with E-state index in [0.717, 1.165) is 35.5 Å². The molecule has 4 saturated carbocycles. The molecule has 0 bridgehead atoms. The summed E-state index contributed by atoms with van der Waals surface area (Å²) in [6, 6.07) is 2.57. The summed E-state index contributed by atoms with van der Waals surface area (Å²) in [5.41, 5.74) is 0. The standard InChI is InChI=1S/C18H27N/c19-11-12-9-14-6-8-16-15-4-2-1-3-13(15)5-7-17(16)18(14)10-12/h12-18H,1-10H2. The second-order valence-electron chi connectivity index (χ2n) is 7.91. The smallest absolute Gasteiger partial charge is 0.0656 e. The normalized spacial score (nSPS) is 52.7. The fourth-order valence-electron chi connectivity index (χ4n) is 6.58. The topological polar surface area (TPSA) is 23.8 Å². The van der Waals surface area contributed by atoms with Gasteiger partial charge in [0.1, 0.15) is 0 Å². The molecule has 1 nitrogen and oxygen atoms in total. The van der Waals surface area contributed by atoms with E-state index in [2.05, 4.69) is 6.07 Å². The van der Waals surface area contributed by atoms with Crippen LogP contribution in [0.4, 0.5) is 0 Å². The molecule has 0 aliphatic heterocycles. The third-order valence-corrected chi connectivity index (χ3v) is 7.29. The number of rotatable bonds is 0. The molecule has 4 rings (SSSR count). The molecule has 0 N–H and O–H groups in total. The van der Waals surface area contributed by atoms with Crippen LogP contribution < -0.4 is 0 Å². The van der Waals surface area contributed by atoms with Gasteiger partial charge in [-0.3, -0.25) is 0 Å². The Bertz CT molecular complexity index is 382. The molecule has 0 aromatic rings. The first-order chi connectivity index (χ1) is 9.36. The molecule has 0 radical (unpaired) electrons. The predicted octanol–water partition coefficient (Wildman–Crippen LogP) is 4.78. The molecule has 0 saturated heterocycles. The van der Waals surface area contributed by atoms with Crippen molar-refractivity contribution >= 4 is 0 Å². The number of fused-ring (bicyclic) bond motifs is 5. The van der Waals surface area contributed by atoms with Crippen molar-refractivity contribution < 1.29 is 0 Å². The van der Waals surface area contributed by atoms with Crippen LogP contribution >= 0.6 is 0 Å². The SMILES string of the molecule is N#CC1CC2CCC3C4CCCCC4CCC3C2C1. The molecule has 0 aromatic heterocycles. The van der Waals surface area contributed by atoms with Crippen molar-refractivity contribution in [3.8, 4) is 6.07 Å². The van der Waals surface area contributed by atoms with Gasteiger partial charge in [0.15, 0.2) is 0 Å². The first-order valence-electron chi connectivity index (χ1n) is 8.76. The fourth-order valence-corrected chi connectivity index (χ4v) is 6.58. The number of nitrogens with zero attached hydrogens (tertiary/aromatic N) is 1. The van der Waals surface area contributed by atoms with Gasteiger partial charge in [-0.2, -0.15) is 5.26 Å². The minimum Gasteiger partial charge on any atom is -0.198 e. The predicted molar refractivity (Wildman–Crippen MR) is 76.2 cm³/mol. The molecule has 0 amide bonds. The van der Waals surface area contributed by atoms with Gasteiger partial charge in [-0.25, -0.2) is 0 Å². The molecule has 104 valence electrons. The molecule has 4 aliphatic carbocycles. The summed E-state index contributed by atoms with van der Waals surface area (Å²) in [5, 5.41) is 9.25. The van der Waals surface area contributed by atoms with Gasteiger partial charge in [0.2, 0.25) is 0 Å². The molecule has 0 spiro atoms. The Morgan fingerprint density at radius 1 is 0.632 bits per heavy atom. The maximum Gasteiger partial charge on any atom is 0.0656 e. The largest absolute Gasteiger partial charge is 0.198 e. The summed E-state index contributed by atoms with van der Waals surface area (Å²) in [4.78, 5) is 0. The number of hydrogen-bond acceptors (Lipinski definition) is 1. The highest BCUT2D eigenvalue weighted by atomic mass is 14.5. The maximum absolute atomic E-state index is 9.25. The van der Waals surface area contributed by atoms with Crippen molar-refractivity contribution in [2.45, 2.75) is 64.2 Å². The van der Waals surface area contributed by atoms with Crippen LogP contribution in [-0.2, 0) is 0 Å². The first kappa shape index (κ1) is 12.2. The molecule has 7 unspecified atom stereocenters. The van der Waals surface area contributed by atoms with Crippen LogP contribution in [0.15, 0.2) is 0 Å². The van der Waals surface area contributed by atoms with Crippen LogP contribution in [0.2, 0.25) is 0 Å². The van der Waals surface area contributed by atoms with Crippen LogP contribution in [0.3, 0.4) is 0 Å². The van der Waals surface area contributed by atoms with Crippen molar-refractivity contribution in [2.24, 2.45) is 41.4 Å². The van der Waals surface area contributed by atoms with Gasteiger partial charge in [-0.15, -0.1) is 0 Å². The van der Waals surface area contributed by atoms with E-state index in [9.17, 15) is 5.26 Å². The van der Waals surface area contributed by atoms with Gasteiger partial charge in [0.25, 0.3) is 0 Å². The van der Waals surface area contributed by atoms with Crippen LogP contribution in [-0.4, -0.2) is 0 Å². The number of nitriles is 1. The van der Waals surface area contributed by atoms with Crippen molar-refractivity contribution in [1.29, 1.82) is 5.26 Å². The molecule has 4 aliphatic rings. The summed E-state index contributed by atoms with van der Waals surface area (Å²) in [6.45, 7) is 0. The summed E-state index contributed by atoms with van der Waals surface area (Å²) in [7, 11) is 0. The molecule has 1 heteroatoms. The van der Waals surface area contributed by atoms with Crippen molar-refractivity contribution in [2.75, 3.05) is 0 Å². The highest BCUT2D eigenvalue weighted by Gasteiger charge is 2.50. The first-order valence-corrected chi connectivity index (χ1v) is 8.76. The Hall–Kier alpha value is -0.510. The molecule has 19 heavy (non-hydrogen) atoms. The third-order valence-electron chi connectivity index (χ3n) is 7.29. The van der Waals surface area contributed by atoms with E-state index in [1.165, 1.54) is 64.2 Å². The maximum atomic E-state index is 9.25. The summed E-state index contributed by atoms with van der Waals surface area (Å²) in [6.07, 6.45) is 14.5. The van der Waals surface area contributed by atoms with Gasteiger partial charge < -0.3 is 0 Å². The molecule has 7 atom stereocenters. The van der Waals surface area contributed by atoms with Crippen LogP contribution in [0, 0.1) is 52.8 Å². The van der Waals surface area contributed by atoms with Gasteiger partial charge in [-0.05, 0) is 80.5 Å². The van der Waals surface area contributed by atoms with E-state index in [1.54, 1.807) is 0 Å². The fraction of sp³-hybridized carbons (Fsp3) is 0.944. The molecular weight excluding hydrogens is 230 g/mol. The van der Waals surface area contributed by atoms with E-state index in [-0.39, 0.29) is 0 Å². The number of hydrogen-bond donors (Lipinski definition) is 0. The van der Waals surface area contributed by atoms with E-state index in [1.807, 2.05) is 0 Å². The second kappa shape index (κ2) is 4.80. The Labute approximate surface area is 117 Å². The lowest BCUT2D eigenvalue weighted by Gasteiger charge is -2.51. The Morgan fingerprint density at radius 2 is 1.37 bits per heavy atom. The molecular formula is C18H27N. The zero-order valence-corrected chi connectivity index (χ0v) is 12.1. The minimum absolute atomic E-state index is 0.401. The average molecular weight is 257 g/mol. The van der Waals surface area contributed by atoms with E-state index in [4.69, 9.17) is 0 Å². The minimum atomic E-state index is 0.401. The Balaban J connectivity index is 1.54. The Kier molecular flexibility index (Phi) is 3.09. The second-order valence-corrected chi connectivity index (χ2v) is 7.91. The van der Waals surface area contributed by atoms with Gasteiger partial charge in [-0.1, -0.05) is 19.3 Å². The highest BCUT2D eigenvalue weighted by molar-refractivity contribution is 5.03. The lowest BCUT2D eigenvalue weighted by molar-refractivity contribution is -0.0185. The third kappa shape index (κ3) is 1.94. The van der Waals surface area contributed by atoms with E-state index >= 15 is 0 Å². The van der Waals surface area contributed by atoms with Crippen LogP contribution in [0.25, 0.3) is 0 Å². The Morgan fingerprint density at radius 3 is 2.21 bits per heavy atom. The van der Waals surface area contributed by atoms with Crippen molar-refractivity contribution in [1.82, 2.24) is 0 Å². The van der Waals surface area contributed by atoms with Crippen LogP contribution in [0.1, 0.15) is 64.2 Å². The molecule has 4 fully saturated rings. The highest BCUT2D eigenvalue weighted by Crippen LogP contribution is 2.58. The zero-order chi connectivity index (χ0) is 12.8. The molecule has 0 aromatic carbocycles. The monoisotopic (exact) mass is 257 g/mol. The van der Waals surface area contributed by atoms with E-state index in [0.29, 0.717) is 5.92 Å². The van der Waals surface area contributed by atoms with Crippen molar-refractivity contribution in [3.63, 3.8) is 0 Å². The van der Waals surface area contributed by atoms with Gasteiger partial charge in [0.05, 0.1) is 6.07 Å². The van der Waals surface area contributed by atoms with E-state index < -0.39 is 0 Å². The van der Waals surface area contributed by atoms with Gasteiger partial charge >= 0.3 is 0 Å². The van der Waals surface area contributed by atoms with Crippen LogP contribution in [0.5, 0.6) is 0 Å². The summed E-state index contributed by atoms with van der Waals surface area (Å²) < 4.78 is 0. The van der Waals surface area contributed by atoms with Crippen molar-refractivity contribution in [3.05, 3.63) is 0 Å². The van der Waals surface area contributed by atoms with Gasteiger partial charge in [0, 0.05) is 5.92 Å². The lowest BCUT2D eigenvalue weighted by Crippen LogP contribution is -2.43. The zero-order valence-electron chi connectivity index (χ0n) is 12.1. The average Bonchev–Trinajstić information content (AvgIpc) is 2.90. The summed E-state index contributed by atoms with van der Waals surface area (Å²) >= 11 is 0. The molecule has 0 heterocycles.